The number of benzene rings is 8. The molecule has 0 spiro atoms. The maximum Gasteiger partial charge on any atom is 0.0788 e. The first-order valence-electron chi connectivity index (χ1n) is 17.4. The molecule has 0 fully saturated rings. The predicted octanol–water partition coefficient (Wildman–Crippen LogP) is 13.6. The average molecular weight is 667 g/mol. The van der Waals surface area contributed by atoms with Gasteiger partial charge in [0.2, 0.25) is 0 Å². The Kier molecular flexibility index (Phi) is 6.16. The van der Waals surface area contributed by atoms with Crippen molar-refractivity contribution >= 4 is 75.1 Å². The van der Waals surface area contributed by atoms with E-state index in [2.05, 4.69) is 191 Å². The van der Waals surface area contributed by atoms with Crippen LogP contribution in [-0.4, -0.2) is 9.13 Å². The zero-order valence-electron chi connectivity index (χ0n) is 27.6. The van der Waals surface area contributed by atoms with Gasteiger partial charge >= 0.3 is 0 Å². The summed E-state index contributed by atoms with van der Waals surface area (Å²) in [5.41, 5.74) is 12.1. The quantitative estimate of drug-likeness (QED) is 0.177. The molecule has 0 aliphatic carbocycles. The molecule has 238 valence electrons. The smallest absolute Gasteiger partial charge is 0.0788 e. The minimum atomic E-state index is 1.15. The summed E-state index contributed by atoms with van der Waals surface area (Å²) in [4.78, 5) is 0. The van der Waals surface area contributed by atoms with Crippen molar-refractivity contribution in [3.05, 3.63) is 182 Å². The van der Waals surface area contributed by atoms with Gasteiger partial charge in [0.15, 0.2) is 0 Å². The van der Waals surface area contributed by atoms with Gasteiger partial charge in [-0.25, -0.2) is 0 Å². The zero-order valence-corrected chi connectivity index (χ0v) is 28.4. The molecule has 0 saturated carbocycles. The van der Waals surface area contributed by atoms with Gasteiger partial charge in [-0.2, -0.15) is 0 Å². The second kappa shape index (κ2) is 11.0. The maximum absolute atomic E-state index is 2.48. The molecule has 51 heavy (non-hydrogen) atoms. The summed E-state index contributed by atoms with van der Waals surface area (Å²) in [5.74, 6) is 0. The van der Waals surface area contributed by atoms with E-state index >= 15 is 0 Å². The Morgan fingerprint density at radius 2 is 0.902 bits per heavy atom. The standard InChI is InChI=1S/C48H30N2S/c1-2-12-31(13-3-1)33-14-10-15-35(30-33)50-44-22-8-5-17-38(44)41-29-28-40-37-16-4-7-21-43(37)49(46(40)47(41)50)34-26-24-32(25-27-34)36-19-11-20-42-39-18-6-9-23-45(39)51-48(36)42/h1-30H. The molecule has 2 nitrogen and oxygen atoms in total. The number of para-hydroxylation sites is 2. The summed E-state index contributed by atoms with van der Waals surface area (Å²) in [6.07, 6.45) is 0. The molecule has 0 aliphatic rings. The SMILES string of the molecule is c1ccc(-c2cccc(-n3c4ccccc4c4ccc5c6ccccc6n(-c6ccc(-c7cccc8c7sc7ccccc78)cc6)c5c43)c2)cc1. The molecule has 0 radical (unpaired) electrons. The lowest BCUT2D eigenvalue weighted by atomic mass is 10.0. The molecule has 8 aromatic carbocycles. The van der Waals surface area contributed by atoms with Crippen LogP contribution in [0.1, 0.15) is 0 Å². The van der Waals surface area contributed by atoms with E-state index in [0.717, 1.165) is 11.4 Å². The van der Waals surface area contributed by atoms with Crippen LogP contribution in [0.15, 0.2) is 182 Å². The molecule has 0 bridgehead atoms. The molecule has 11 aromatic rings. The van der Waals surface area contributed by atoms with Crippen LogP contribution in [0.3, 0.4) is 0 Å². The topological polar surface area (TPSA) is 9.86 Å². The zero-order chi connectivity index (χ0) is 33.5. The summed E-state index contributed by atoms with van der Waals surface area (Å²) in [6.45, 7) is 0. The molecule has 0 aliphatic heterocycles. The molecule has 3 heteroatoms. The van der Waals surface area contributed by atoms with Crippen LogP contribution in [0.4, 0.5) is 0 Å². The first-order chi connectivity index (χ1) is 25.3. The normalized spacial score (nSPS) is 11.9. The number of hydrogen-bond acceptors (Lipinski definition) is 1. The van der Waals surface area contributed by atoms with E-state index < -0.39 is 0 Å². The summed E-state index contributed by atoms with van der Waals surface area (Å²) in [6, 6.07) is 66.6. The summed E-state index contributed by atoms with van der Waals surface area (Å²) >= 11 is 1.88. The molecule has 0 atom stereocenters. The van der Waals surface area contributed by atoms with E-state index in [1.807, 2.05) is 11.3 Å². The minimum absolute atomic E-state index is 1.15. The Labute approximate surface area is 298 Å². The third kappa shape index (κ3) is 4.22. The lowest BCUT2D eigenvalue weighted by Gasteiger charge is -2.14. The van der Waals surface area contributed by atoms with Crippen molar-refractivity contribution in [1.82, 2.24) is 9.13 Å². The molecule has 0 amide bonds. The summed E-state index contributed by atoms with van der Waals surface area (Å²) in [5, 5.41) is 7.66. The van der Waals surface area contributed by atoms with Gasteiger partial charge in [-0.15, -0.1) is 11.3 Å². The molecule has 0 unspecified atom stereocenters. The van der Waals surface area contributed by atoms with E-state index in [0.29, 0.717) is 0 Å². The van der Waals surface area contributed by atoms with Crippen molar-refractivity contribution in [2.45, 2.75) is 0 Å². The highest BCUT2D eigenvalue weighted by Gasteiger charge is 2.21. The van der Waals surface area contributed by atoms with Crippen molar-refractivity contribution in [2.24, 2.45) is 0 Å². The Bertz CT molecular complexity index is 3120. The van der Waals surface area contributed by atoms with Crippen LogP contribution in [0, 0.1) is 0 Å². The van der Waals surface area contributed by atoms with Crippen LogP contribution in [-0.2, 0) is 0 Å². The van der Waals surface area contributed by atoms with Gasteiger partial charge < -0.3 is 9.13 Å². The van der Waals surface area contributed by atoms with Gasteiger partial charge in [0.25, 0.3) is 0 Å². The Hall–Kier alpha value is -6.42. The highest BCUT2D eigenvalue weighted by atomic mass is 32.1. The number of thiophene rings is 1. The highest BCUT2D eigenvalue weighted by Crippen LogP contribution is 2.43. The van der Waals surface area contributed by atoms with Crippen molar-refractivity contribution in [3.63, 3.8) is 0 Å². The number of fused-ring (bicyclic) bond motifs is 10. The van der Waals surface area contributed by atoms with E-state index in [-0.39, 0.29) is 0 Å². The van der Waals surface area contributed by atoms with Crippen molar-refractivity contribution < 1.29 is 0 Å². The Morgan fingerprint density at radius 1 is 0.333 bits per heavy atom. The van der Waals surface area contributed by atoms with Gasteiger partial charge in [0, 0.05) is 53.1 Å². The fourth-order valence-corrected chi connectivity index (χ4v) is 9.50. The predicted molar refractivity (Wildman–Crippen MR) is 219 cm³/mol. The summed E-state index contributed by atoms with van der Waals surface area (Å²) < 4.78 is 7.63. The van der Waals surface area contributed by atoms with Crippen molar-refractivity contribution in [3.8, 4) is 33.6 Å². The number of aromatic nitrogens is 2. The summed E-state index contributed by atoms with van der Waals surface area (Å²) in [7, 11) is 0. The lowest BCUT2D eigenvalue weighted by molar-refractivity contribution is 1.15. The van der Waals surface area contributed by atoms with Gasteiger partial charge in [-0.05, 0) is 64.7 Å². The molecule has 0 N–H and O–H groups in total. The highest BCUT2D eigenvalue weighted by molar-refractivity contribution is 7.26. The number of rotatable bonds is 4. The van der Waals surface area contributed by atoms with Crippen LogP contribution in [0.5, 0.6) is 0 Å². The van der Waals surface area contributed by atoms with E-state index in [1.54, 1.807) is 0 Å². The Balaban J connectivity index is 1.18. The molecule has 3 heterocycles. The van der Waals surface area contributed by atoms with Gasteiger partial charge in [-0.3, -0.25) is 0 Å². The third-order valence-electron chi connectivity index (χ3n) is 10.5. The van der Waals surface area contributed by atoms with Gasteiger partial charge in [0.1, 0.15) is 0 Å². The van der Waals surface area contributed by atoms with Crippen LogP contribution >= 0.6 is 11.3 Å². The van der Waals surface area contributed by atoms with Crippen LogP contribution in [0.25, 0.3) is 97.4 Å². The second-order valence-corrected chi connectivity index (χ2v) is 14.4. The van der Waals surface area contributed by atoms with Crippen LogP contribution < -0.4 is 0 Å². The average Bonchev–Trinajstić information content (AvgIpc) is 3.86. The van der Waals surface area contributed by atoms with E-state index in [4.69, 9.17) is 0 Å². The van der Waals surface area contributed by atoms with Crippen LogP contribution in [0.2, 0.25) is 0 Å². The maximum atomic E-state index is 2.48. The van der Waals surface area contributed by atoms with E-state index in [1.165, 1.54) is 86.0 Å². The molecular weight excluding hydrogens is 637 g/mol. The molecule has 0 saturated heterocycles. The number of hydrogen-bond donors (Lipinski definition) is 0. The monoisotopic (exact) mass is 666 g/mol. The van der Waals surface area contributed by atoms with Crippen molar-refractivity contribution in [2.75, 3.05) is 0 Å². The largest absolute Gasteiger partial charge is 0.307 e. The fraction of sp³-hybridized carbons (Fsp3) is 0. The first kappa shape index (κ1) is 28.4. The molecular formula is C48H30N2S. The first-order valence-corrected chi connectivity index (χ1v) is 18.3. The van der Waals surface area contributed by atoms with E-state index in [9.17, 15) is 0 Å². The molecule has 11 rings (SSSR count). The minimum Gasteiger partial charge on any atom is -0.307 e. The second-order valence-electron chi connectivity index (χ2n) is 13.3. The van der Waals surface area contributed by atoms with Gasteiger partial charge in [-0.1, -0.05) is 140 Å². The molecule has 3 aromatic heterocycles. The number of nitrogens with zero attached hydrogens (tertiary/aromatic N) is 2. The fourth-order valence-electron chi connectivity index (χ4n) is 8.26. The van der Waals surface area contributed by atoms with Gasteiger partial charge in [0.05, 0.1) is 22.1 Å². The Morgan fingerprint density at radius 3 is 1.63 bits per heavy atom. The third-order valence-corrected chi connectivity index (χ3v) is 11.7. The lowest BCUT2D eigenvalue weighted by Crippen LogP contribution is -1.99. The van der Waals surface area contributed by atoms with Crippen molar-refractivity contribution in [1.29, 1.82) is 0 Å².